The van der Waals surface area contributed by atoms with Crippen LogP contribution in [0.4, 0.5) is 5.69 Å². The molecule has 0 fully saturated rings. The van der Waals surface area contributed by atoms with Gasteiger partial charge in [-0.1, -0.05) is 13.8 Å². The lowest BCUT2D eigenvalue weighted by Gasteiger charge is -2.20. The Morgan fingerprint density at radius 2 is 1.91 bits per heavy atom. The molecular formula is C17H29N3O3. The molecule has 1 amide bonds. The molecule has 0 saturated carbocycles. The molecule has 6 nitrogen and oxygen atoms in total. The molecule has 0 aliphatic carbocycles. The molecule has 1 aromatic carbocycles. The van der Waals surface area contributed by atoms with E-state index in [0.29, 0.717) is 23.8 Å². The summed E-state index contributed by atoms with van der Waals surface area (Å²) in [6.45, 7) is 10.9. The number of rotatable bonds is 9. The molecule has 0 bridgehead atoms. The Bertz CT molecular complexity index is 508. The van der Waals surface area contributed by atoms with Gasteiger partial charge in [-0.25, -0.2) is 0 Å². The average Bonchev–Trinajstić information content (AvgIpc) is 2.51. The Balaban J connectivity index is 2.77. The number of nitrogens with zero attached hydrogens (tertiary/aromatic N) is 1. The van der Waals surface area contributed by atoms with E-state index in [-0.39, 0.29) is 5.91 Å². The Labute approximate surface area is 138 Å². The normalized spacial score (nSPS) is 11.4. The molecular weight excluding hydrogens is 294 g/mol. The number of nitrogens with one attached hydrogen (secondary N) is 1. The first-order chi connectivity index (χ1) is 10.8. The fourth-order valence-electron chi connectivity index (χ4n) is 1.98. The molecule has 130 valence electrons. The van der Waals surface area contributed by atoms with Crippen LogP contribution in [0.1, 0.15) is 27.7 Å². The van der Waals surface area contributed by atoms with Gasteiger partial charge in [0.15, 0.2) is 11.5 Å². The summed E-state index contributed by atoms with van der Waals surface area (Å²) in [5.41, 5.74) is 5.48. The van der Waals surface area contributed by atoms with E-state index in [1.807, 2.05) is 0 Å². The molecule has 0 aliphatic heterocycles. The van der Waals surface area contributed by atoms with Crippen LogP contribution in [0, 0.1) is 0 Å². The highest BCUT2D eigenvalue weighted by molar-refractivity contribution is 5.97. The van der Waals surface area contributed by atoms with Gasteiger partial charge in [0.25, 0.3) is 0 Å². The van der Waals surface area contributed by atoms with Crippen molar-refractivity contribution in [2.24, 2.45) is 5.73 Å². The zero-order chi connectivity index (χ0) is 17.5. The van der Waals surface area contributed by atoms with Crippen LogP contribution in [0.15, 0.2) is 18.2 Å². The largest absolute Gasteiger partial charge is 0.493 e. The Kier molecular flexibility index (Phi) is 7.32. The summed E-state index contributed by atoms with van der Waals surface area (Å²) >= 11 is 0. The van der Waals surface area contributed by atoms with E-state index < -0.39 is 5.54 Å². The summed E-state index contributed by atoms with van der Waals surface area (Å²) in [7, 11) is 1.59. The first-order valence-electron chi connectivity index (χ1n) is 7.95. The molecule has 0 saturated heterocycles. The van der Waals surface area contributed by atoms with E-state index in [2.05, 4.69) is 24.1 Å². The maximum atomic E-state index is 12.0. The van der Waals surface area contributed by atoms with Crippen molar-refractivity contribution in [3.05, 3.63) is 18.2 Å². The van der Waals surface area contributed by atoms with E-state index in [1.165, 1.54) is 0 Å². The number of carbonyl (C=O) groups excluding carboxylic acids is 1. The van der Waals surface area contributed by atoms with Gasteiger partial charge in [-0.3, -0.25) is 4.79 Å². The number of methoxy groups -OCH3 is 1. The number of anilines is 1. The standard InChI is InChI=1S/C17H29N3O3/c1-6-20(7-2)10-11-23-15-12-13(8-9-14(15)22-5)19-16(21)17(3,4)18/h8-9,12H,6-7,10-11,18H2,1-5H3,(H,19,21). The van der Waals surface area contributed by atoms with Crippen molar-refractivity contribution < 1.29 is 14.3 Å². The van der Waals surface area contributed by atoms with Gasteiger partial charge in [0, 0.05) is 18.3 Å². The van der Waals surface area contributed by atoms with Crippen LogP contribution in [-0.2, 0) is 4.79 Å². The van der Waals surface area contributed by atoms with Gasteiger partial charge in [0.2, 0.25) is 5.91 Å². The number of carbonyl (C=O) groups is 1. The lowest BCUT2D eigenvalue weighted by Crippen LogP contribution is -2.45. The van der Waals surface area contributed by atoms with Gasteiger partial charge in [-0.05, 0) is 39.1 Å². The van der Waals surface area contributed by atoms with E-state index in [9.17, 15) is 4.79 Å². The fraction of sp³-hybridized carbons (Fsp3) is 0.588. The number of likely N-dealkylation sites (N-methyl/N-ethyl adjacent to an activating group) is 1. The van der Waals surface area contributed by atoms with Crippen LogP contribution < -0.4 is 20.5 Å². The third kappa shape index (κ3) is 6.08. The predicted molar refractivity (Wildman–Crippen MR) is 93.2 cm³/mol. The zero-order valence-corrected chi connectivity index (χ0v) is 14.8. The molecule has 6 heteroatoms. The van der Waals surface area contributed by atoms with E-state index in [0.717, 1.165) is 19.6 Å². The van der Waals surface area contributed by atoms with Gasteiger partial charge in [-0.15, -0.1) is 0 Å². The number of ether oxygens (including phenoxy) is 2. The van der Waals surface area contributed by atoms with Crippen molar-refractivity contribution in [1.29, 1.82) is 0 Å². The highest BCUT2D eigenvalue weighted by Crippen LogP contribution is 2.30. The van der Waals surface area contributed by atoms with Gasteiger partial charge in [-0.2, -0.15) is 0 Å². The van der Waals surface area contributed by atoms with Crippen molar-refractivity contribution in [3.8, 4) is 11.5 Å². The second-order valence-corrected chi connectivity index (χ2v) is 5.92. The highest BCUT2D eigenvalue weighted by Gasteiger charge is 2.22. The van der Waals surface area contributed by atoms with Crippen molar-refractivity contribution in [2.75, 3.05) is 38.7 Å². The number of benzene rings is 1. The van der Waals surface area contributed by atoms with Crippen molar-refractivity contribution in [1.82, 2.24) is 4.90 Å². The minimum Gasteiger partial charge on any atom is -0.493 e. The number of hydrogen-bond acceptors (Lipinski definition) is 5. The van der Waals surface area contributed by atoms with Crippen LogP contribution in [-0.4, -0.2) is 49.7 Å². The van der Waals surface area contributed by atoms with Crippen LogP contribution >= 0.6 is 0 Å². The molecule has 1 rings (SSSR count). The molecule has 0 unspecified atom stereocenters. The smallest absolute Gasteiger partial charge is 0.243 e. The highest BCUT2D eigenvalue weighted by atomic mass is 16.5. The van der Waals surface area contributed by atoms with Crippen molar-refractivity contribution in [3.63, 3.8) is 0 Å². The monoisotopic (exact) mass is 323 g/mol. The number of nitrogens with two attached hydrogens (primary N) is 1. The molecule has 0 aromatic heterocycles. The summed E-state index contributed by atoms with van der Waals surface area (Å²) in [6, 6.07) is 5.29. The predicted octanol–water partition coefficient (Wildman–Crippen LogP) is 2.09. The quantitative estimate of drug-likeness (QED) is 0.728. The number of amides is 1. The molecule has 0 radical (unpaired) electrons. The molecule has 23 heavy (non-hydrogen) atoms. The molecule has 0 spiro atoms. The topological polar surface area (TPSA) is 76.8 Å². The molecule has 0 atom stereocenters. The molecule has 1 aromatic rings. The summed E-state index contributed by atoms with van der Waals surface area (Å²) < 4.78 is 11.1. The van der Waals surface area contributed by atoms with Crippen LogP contribution in [0.25, 0.3) is 0 Å². The summed E-state index contributed by atoms with van der Waals surface area (Å²) in [5.74, 6) is 0.985. The average molecular weight is 323 g/mol. The third-order valence-corrected chi connectivity index (χ3v) is 3.57. The Morgan fingerprint density at radius 3 is 2.43 bits per heavy atom. The second kappa shape index (κ2) is 8.74. The summed E-state index contributed by atoms with van der Waals surface area (Å²) in [4.78, 5) is 14.2. The molecule has 0 heterocycles. The van der Waals surface area contributed by atoms with E-state index >= 15 is 0 Å². The number of hydrogen-bond donors (Lipinski definition) is 2. The lowest BCUT2D eigenvalue weighted by atomic mass is 10.1. The first-order valence-corrected chi connectivity index (χ1v) is 7.95. The molecule has 0 aliphatic rings. The van der Waals surface area contributed by atoms with Crippen LogP contribution in [0.5, 0.6) is 11.5 Å². The SMILES string of the molecule is CCN(CC)CCOc1cc(NC(=O)C(C)(C)N)ccc1OC. The third-order valence-electron chi connectivity index (χ3n) is 3.57. The van der Waals surface area contributed by atoms with Gasteiger partial charge in [0.05, 0.1) is 12.6 Å². The van der Waals surface area contributed by atoms with Gasteiger partial charge < -0.3 is 25.4 Å². The van der Waals surface area contributed by atoms with E-state index in [4.69, 9.17) is 15.2 Å². The Hall–Kier alpha value is -1.79. The summed E-state index contributed by atoms with van der Waals surface area (Å²) in [5, 5.41) is 2.79. The zero-order valence-electron chi connectivity index (χ0n) is 14.8. The van der Waals surface area contributed by atoms with Crippen molar-refractivity contribution in [2.45, 2.75) is 33.2 Å². The maximum Gasteiger partial charge on any atom is 0.243 e. The van der Waals surface area contributed by atoms with Crippen LogP contribution in [0.3, 0.4) is 0 Å². The summed E-state index contributed by atoms with van der Waals surface area (Å²) in [6.07, 6.45) is 0. The molecule has 3 N–H and O–H groups in total. The van der Waals surface area contributed by atoms with E-state index in [1.54, 1.807) is 39.2 Å². The fourth-order valence-corrected chi connectivity index (χ4v) is 1.98. The second-order valence-electron chi connectivity index (χ2n) is 5.92. The Morgan fingerprint density at radius 1 is 1.26 bits per heavy atom. The lowest BCUT2D eigenvalue weighted by molar-refractivity contribution is -0.120. The minimum absolute atomic E-state index is 0.253. The first kappa shape index (κ1) is 19.3. The van der Waals surface area contributed by atoms with Gasteiger partial charge in [0.1, 0.15) is 6.61 Å². The van der Waals surface area contributed by atoms with Crippen molar-refractivity contribution >= 4 is 11.6 Å². The van der Waals surface area contributed by atoms with Crippen LogP contribution in [0.2, 0.25) is 0 Å². The van der Waals surface area contributed by atoms with Gasteiger partial charge >= 0.3 is 0 Å². The minimum atomic E-state index is -0.941. The maximum absolute atomic E-state index is 12.0.